The first-order chi connectivity index (χ1) is 5.20. The summed E-state index contributed by atoms with van der Waals surface area (Å²) in [6.07, 6.45) is 0. The number of hydrogen-bond acceptors (Lipinski definition) is 0. The van der Waals surface area contributed by atoms with Gasteiger partial charge in [-0.15, -0.1) is 0 Å². The van der Waals surface area contributed by atoms with Crippen molar-refractivity contribution in [3.8, 4) is 0 Å². The Kier molecular flexibility index (Phi) is 50.1. The fourth-order valence-corrected chi connectivity index (χ4v) is 0. The van der Waals surface area contributed by atoms with Crippen LogP contribution in [0.5, 0.6) is 0 Å². The van der Waals surface area contributed by atoms with Gasteiger partial charge in [0.2, 0.25) is 0 Å². The summed E-state index contributed by atoms with van der Waals surface area (Å²) in [7, 11) is 0. The molecule has 0 nitrogen and oxygen atoms in total. The summed E-state index contributed by atoms with van der Waals surface area (Å²) in [6, 6.07) is 0. The molecule has 0 N–H and O–H groups in total. The number of hydrogen-bond donors (Lipinski definition) is 0. The Morgan fingerprint density at radius 2 is 0.571 bits per heavy atom. The first-order valence-electron chi connectivity index (χ1n) is 4.69. The zero-order valence-electron chi connectivity index (χ0n) is 10.9. The maximum atomic E-state index is 3.64. The maximum absolute atomic E-state index is 3.64. The zero-order valence-corrected chi connectivity index (χ0v) is 13.6. The van der Waals surface area contributed by atoms with Gasteiger partial charge >= 0.3 is 21.7 Å². The maximum Gasteiger partial charge on any atom is 3.00 e. The third kappa shape index (κ3) is 1280. The molecule has 4 radical (unpaired) electrons. The summed E-state index contributed by atoms with van der Waals surface area (Å²) >= 11 is 0. The molecule has 0 fully saturated rings. The van der Waals surface area contributed by atoms with Crippen molar-refractivity contribution in [2.24, 2.45) is 17.8 Å². The van der Waals surface area contributed by atoms with E-state index in [1.54, 1.807) is 0 Å². The molecular formula is C12H27AlTi. The average Bonchev–Trinajstić information content (AvgIpc) is 1.54. The van der Waals surface area contributed by atoms with Gasteiger partial charge in [0.1, 0.15) is 0 Å². The second-order valence-electron chi connectivity index (χ2n) is 4.18. The van der Waals surface area contributed by atoms with Gasteiger partial charge in [0.15, 0.2) is 0 Å². The molecule has 0 aliphatic heterocycles. The molecule has 0 amide bonds. The van der Waals surface area contributed by atoms with Crippen LogP contribution in [-0.2, 0) is 21.7 Å². The molecule has 0 aromatic rings. The van der Waals surface area contributed by atoms with E-state index in [0.717, 1.165) is 0 Å². The van der Waals surface area contributed by atoms with Gasteiger partial charge in [0.05, 0.1) is 0 Å². The van der Waals surface area contributed by atoms with Crippen LogP contribution in [0.15, 0.2) is 0 Å². The van der Waals surface area contributed by atoms with E-state index < -0.39 is 0 Å². The van der Waals surface area contributed by atoms with Crippen LogP contribution in [0.3, 0.4) is 0 Å². The van der Waals surface area contributed by atoms with Crippen LogP contribution >= 0.6 is 0 Å². The molecule has 82 valence electrons. The number of rotatable bonds is 0. The monoisotopic (exact) mass is 246 g/mol. The molecule has 0 rings (SSSR count). The third-order valence-corrected chi connectivity index (χ3v) is 0. The molecule has 2 heteroatoms. The SMILES string of the molecule is [Al].[CH2-]C(C)C.[CH2-]C(C)C.[CH2-]C(C)C.[Ti+3]. The van der Waals surface area contributed by atoms with Crippen LogP contribution in [0, 0.1) is 38.5 Å². The summed E-state index contributed by atoms with van der Waals surface area (Å²) in [5, 5.41) is 0. The van der Waals surface area contributed by atoms with Gasteiger partial charge < -0.3 is 20.8 Å². The summed E-state index contributed by atoms with van der Waals surface area (Å²) in [5.74, 6) is 1.75. The van der Waals surface area contributed by atoms with Crippen LogP contribution in [-0.4, -0.2) is 17.4 Å². The van der Waals surface area contributed by atoms with Crippen LogP contribution in [0.2, 0.25) is 0 Å². The van der Waals surface area contributed by atoms with E-state index in [1.165, 1.54) is 0 Å². The van der Waals surface area contributed by atoms with Crippen LogP contribution in [0.25, 0.3) is 0 Å². The molecule has 0 unspecified atom stereocenters. The van der Waals surface area contributed by atoms with Gasteiger partial charge in [-0.2, -0.15) is 17.8 Å². The van der Waals surface area contributed by atoms with Crippen LogP contribution in [0.4, 0.5) is 0 Å². The molecule has 0 spiro atoms. The van der Waals surface area contributed by atoms with Crippen molar-refractivity contribution in [2.45, 2.75) is 41.5 Å². The molecule has 0 bridgehead atoms. The predicted octanol–water partition coefficient (Wildman–Crippen LogP) is 4.05. The Bertz CT molecular complexity index is 38.8. The second-order valence-corrected chi connectivity index (χ2v) is 4.18. The fourth-order valence-electron chi connectivity index (χ4n) is 0. The van der Waals surface area contributed by atoms with E-state index in [2.05, 4.69) is 62.3 Å². The minimum absolute atomic E-state index is 0. The van der Waals surface area contributed by atoms with E-state index in [0.29, 0.717) is 17.8 Å². The smallest absolute Gasteiger partial charge is 0.341 e. The normalized spacial score (nSPS) is 7.71. The molecule has 0 aromatic heterocycles. The molecule has 0 aliphatic rings. The first-order valence-corrected chi connectivity index (χ1v) is 4.69. The fraction of sp³-hybridized carbons (Fsp3) is 0.750. The summed E-state index contributed by atoms with van der Waals surface area (Å²) in [6.45, 7) is 23.2. The average molecular weight is 246 g/mol. The van der Waals surface area contributed by atoms with Crippen LogP contribution in [0.1, 0.15) is 41.5 Å². The minimum atomic E-state index is 0. The third-order valence-electron chi connectivity index (χ3n) is 0. The standard InChI is InChI=1S/3C4H9.Al.Ti/c3*1-4(2)3;;/h3*4H,1H2,2-3H3;;/q3*-1;;+3. The molecule has 0 atom stereocenters. The molecule has 0 aliphatic carbocycles. The summed E-state index contributed by atoms with van der Waals surface area (Å²) in [4.78, 5) is 0. The molecule has 0 aromatic carbocycles. The molecule has 0 saturated heterocycles. The molecule has 0 saturated carbocycles. The van der Waals surface area contributed by atoms with Crippen molar-refractivity contribution in [3.05, 3.63) is 20.8 Å². The van der Waals surface area contributed by atoms with Crippen molar-refractivity contribution in [1.29, 1.82) is 0 Å². The van der Waals surface area contributed by atoms with Gasteiger partial charge in [-0.3, -0.25) is 0 Å². The van der Waals surface area contributed by atoms with Crippen molar-refractivity contribution in [2.75, 3.05) is 0 Å². The predicted molar refractivity (Wildman–Crippen MR) is 66.3 cm³/mol. The Morgan fingerprint density at radius 1 is 0.571 bits per heavy atom. The van der Waals surface area contributed by atoms with E-state index in [1.807, 2.05) is 0 Å². The second kappa shape index (κ2) is 23.8. The minimum Gasteiger partial charge on any atom is -0.341 e. The zero-order chi connectivity index (χ0) is 10.7. The van der Waals surface area contributed by atoms with E-state index in [4.69, 9.17) is 0 Å². The van der Waals surface area contributed by atoms with E-state index in [-0.39, 0.29) is 39.1 Å². The van der Waals surface area contributed by atoms with Crippen molar-refractivity contribution >= 4 is 17.4 Å². The van der Waals surface area contributed by atoms with Gasteiger partial charge in [0, 0.05) is 17.4 Å². The van der Waals surface area contributed by atoms with Gasteiger partial charge in [-0.1, -0.05) is 41.5 Å². The van der Waals surface area contributed by atoms with Gasteiger partial charge in [0.25, 0.3) is 0 Å². The Hall–Kier alpha value is 1.25. The van der Waals surface area contributed by atoms with E-state index in [9.17, 15) is 0 Å². The summed E-state index contributed by atoms with van der Waals surface area (Å²) in [5.41, 5.74) is 0. The van der Waals surface area contributed by atoms with Gasteiger partial charge in [-0.05, 0) is 0 Å². The molecule has 14 heavy (non-hydrogen) atoms. The summed E-state index contributed by atoms with van der Waals surface area (Å²) < 4.78 is 0. The Balaban J connectivity index is -0.0000000270. The van der Waals surface area contributed by atoms with Crippen molar-refractivity contribution in [3.63, 3.8) is 0 Å². The topological polar surface area (TPSA) is 0 Å². The van der Waals surface area contributed by atoms with Crippen LogP contribution < -0.4 is 0 Å². The van der Waals surface area contributed by atoms with E-state index >= 15 is 0 Å². The first kappa shape index (κ1) is 29.5. The largest absolute Gasteiger partial charge is 3.00 e. The molecule has 0 heterocycles. The van der Waals surface area contributed by atoms with Gasteiger partial charge in [-0.25, -0.2) is 0 Å². The molecular weight excluding hydrogens is 219 g/mol. The van der Waals surface area contributed by atoms with Crippen molar-refractivity contribution in [1.82, 2.24) is 0 Å². The Morgan fingerprint density at radius 3 is 0.571 bits per heavy atom. The van der Waals surface area contributed by atoms with Crippen molar-refractivity contribution < 1.29 is 21.7 Å². The Labute approximate surface area is 119 Å². The quantitative estimate of drug-likeness (QED) is 0.447.